The van der Waals surface area contributed by atoms with Gasteiger partial charge < -0.3 is 9.47 Å². The molecule has 19 heavy (non-hydrogen) atoms. The monoisotopic (exact) mass is 278 g/mol. The minimum Gasteiger partial charge on any atom is -0.491 e. The Labute approximate surface area is 117 Å². The van der Waals surface area contributed by atoms with Gasteiger partial charge in [0.05, 0.1) is 6.61 Å². The first-order chi connectivity index (χ1) is 9.24. The topological polar surface area (TPSA) is 44.2 Å². The lowest BCUT2D eigenvalue weighted by atomic mass is 10.3. The zero-order valence-electron chi connectivity index (χ0n) is 10.7. The van der Waals surface area contributed by atoms with Gasteiger partial charge in [0.2, 0.25) is 0 Å². The van der Waals surface area contributed by atoms with Crippen molar-refractivity contribution in [2.45, 2.75) is 13.5 Å². The molecule has 0 aliphatic rings. The predicted octanol–water partition coefficient (Wildman–Crippen LogP) is 3.03. The molecule has 1 aromatic heterocycles. The number of ether oxygens (including phenoxy) is 2. The molecule has 0 saturated heterocycles. The van der Waals surface area contributed by atoms with E-state index < -0.39 is 0 Å². The van der Waals surface area contributed by atoms with Crippen LogP contribution < -0.4 is 4.74 Å². The summed E-state index contributed by atoms with van der Waals surface area (Å²) >= 11 is 5.84. The van der Waals surface area contributed by atoms with E-state index in [1.54, 1.807) is 6.07 Å². The molecule has 100 valence electrons. The van der Waals surface area contributed by atoms with E-state index in [0.717, 1.165) is 11.4 Å². The number of halogens is 1. The zero-order chi connectivity index (χ0) is 13.5. The first kappa shape index (κ1) is 13.8. The number of hydrogen-bond acceptors (Lipinski definition) is 4. The Kier molecular flexibility index (Phi) is 5.12. The van der Waals surface area contributed by atoms with Gasteiger partial charge in [-0.05, 0) is 25.1 Å². The third-order valence-electron chi connectivity index (χ3n) is 2.34. The number of aryl methyl sites for hydroxylation is 1. The fourth-order valence-corrected chi connectivity index (χ4v) is 1.81. The Morgan fingerprint density at radius 3 is 2.63 bits per heavy atom. The number of para-hydroxylation sites is 1. The minimum absolute atomic E-state index is 0.333. The third kappa shape index (κ3) is 4.85. The van der Waals surface area contributed by atoms with Crippen LogP contribution in [0.2, 0.25) is 5.15 Å². The normalized spacial score (nSPS) is 10.4. The molecule has 5 heteroatoms. The molecule has 0 bridgehead atoms. The molecule has 0 saturated carbocycles. The van der Waals surface area contributed by atoms with Crippen LogP contribution in [0.4, 0.5) is 0 Å². The van der Waals surface area contributed by atoms with Crippen molar-refractivity contribution in [2.75, 3.05) is 13.2 Å². The molecule has 0 aliphatic carbocycles. The summed E-state index contributed by atoms with van der Waals surface area (Å²) in [6.07, 6.45) is 0. The lowest BCUT2D eigenvalue weighted by molar-refractivity contribution is 0.0847. The first-order valence-corrected chi connectivity index (χ1v) is 6.37. The Morgan fingerprint density at radius 1 is 1.11 bits per heavy atom. The second kappa shape index (κ2) is 7.07. The van der Waals surface area contributed by atoms with Gasteiger partial charge in [-0.1, -0.05) is 29.8 Å². The fourth-order valence-electron chi connectivity index (χ4n) is 1.55. The van der Waals surface area contributed by atoms with E-state index in [1.165, 1.54) is 0 Å². The number of aromatic nitrogens is 2. The van der Waals surface area contributed by atoms with Crippen LogP contribution in [-0.4, -0.2) is 23.2 Å². The van der Waals surface area contributed by atoms with Crippen LogP contribution in [0.15, 0.2) is 36.4 Å². The molecule has 0 atom stereocenters. The summed E-state index contributed by atoms with van der Waals surface area (Å²) in [6, 6.07) is 11.3. The van der Waals surface area contributed by atoms with Gasteiger partial charge in [0.1, 0.15) is 24.1 Å². The standard InChI is InChI=1S/C14H15ClN2O2/c1-11-9-13(15)17-14(16-11)10-18-7-8-19-12-5-3-2-4-6-12/h2-6,9H,7-8,10H2,1H3. The molecule has 1 heterocycles. The van der Waals surface area contributed by atoms with E-state index in [-0.39, 0.29) is 0 Å². The van der Waals surface area contributed by atoms with E-state index in [2.05, 4.69) is 9.97 Å². The molecule has 0 aliphatic heterocycles. The molecule has 4 nitrogen and oxygen atoms in total. The van der Waals surface area contributed by atoms with Gasteiger partial charge in [-0.2, -0.15) is 0 Å². The maximum Gasteiger partial charge on any atom is 0.155 e. The molecule has 0 N–H and O–H groups in total. The zero-order valence-corrected chi connectivity index (χ0v) is 11.4. The van der Waals surface area contributed by atoms with Crippen LogP contribution in [0, 0.1) is 6.92 Å². The molecule has 0 fully saturated rings. The summed E-state index contributed by atoms with van der Waals surface area (Å²) in [6.45, 7) is 3.17. The molecular formula is C14H15ClN2O2. The summed E-state index contributed by atoms with van der Waals surface area (Å²) in [7, 11) is 0. The highest BCUT2D eigenvalue weighted by Gasteiger charge is 2.01. The molecule has 0 unspecified atom stereocenters. The third-order valence-corrected chi connectivity index (χ3v) is 2.53. The molecule has 0 amide bonds. The van der Waals surface area contributed by atoms with Gasteiger partial charge in [0, 0.05) is 5.69 Å². The summed E-state index contributed by atoms with van der Waals surface area (Å²) in [5, 5.41) is 0.437. The first-order valence-electron chi connectivity index (χ1n) is 6.00. The van der Waals surface area contributed by atoms with Crippen LogP contribution in [0.3, 0.4) is 0 Å². The van der Waals surface area contributed by atoms with Crippen molar-refractivity contribution < 1.29 is 9.47 Å². The van der Waals surface area contributed by atoms with Crippen LogP contribution in [0.5, 0.6) is 5.75 Å². The lowest BCUT2D eigenvalue weighted by Crippen LogP contribution is -2.08. The van der Waals surface area contributed by atoms with Crippen molar-refractivity contribution in [1.82, 2.24) is 9.97 Å². The van der Waals surface area contributed by atoms with Crippen LogP contribution in [-0.2, 0) is 11.3 Å². The van der Waals surface area contributed by atoms with Crippen molar-refractivity contribution in [3.05, 3.63) is 53.1 Å². The largest absolute Gasteiger partial charge is 0.491 e. The highest BCUT2D eigenvalue weighted by Crippen LogP contribution is 2.09. The number of hydrogen-bond donors (Lipinski definition) is 0. The second-order valence-corrected chi connectivity index (χ2v) is 4.35. The average molecular weight is 279 g/mol. The maximum atomic E-state index is 5.84. The maximum absolute atomic E-state index is 5.84. The molecule has 1 aromatic carbocycles. The van der Waals surface area contributed by atoms with Gasteiger partial charge in [0.25, 0.3) is 0 Å². The van der Waals surface area contributed by atoms with Gasteiger partial charge in [-0.25, -0.2) is 9.97 Å². The summed E-state index contributed by atoms with van der Waals surface area (Å²) in [4.78, 5) is 8.31. The van der Waals surface area contributed by atoms with E-state index in [1.807, 2.05) is 37.3 Å². The molecule has 0 radical (unpaired) electrons. The van der Waals surface area contributed by atoms with Crippen molar-refractivity contribution in [3.63, 3.8) is 0 Å². The van der Waals surface area contributed by atoms with Crippen molar-refractivity contribution in [2.24, 2.45) is 0 Å². The highest BCUT2D eigenvalue weighted by atomic mass is 35.5. The van der Waals surface area contributed by atoms with E-state index in [4.69, 9.17) is 21.1 Å². The smallest absolute Gasteiger partial charge is 0.155 e. The average Bonchev–Trinajstić information content (AvgIpc) is 2.38. The second-order valence-electron chi connectivity index (χ2n) is 3.96. The van der Waals surface area contributed by atoms with Gasteiger partial charge >= 0.3 is 0 Å². The van der Waals surface area contributed by atoms with E-state index >= 15 is 0 Å². The Morgan fingerprint density at radius 2 is 1.89 bits per heavy atom. The quantitative estimate of drug-likeness (QED) is 0.602. The Balaban J connectivity index is 1.69. The van der Waals surface area contributed by atoms with Crippen LogP contribution >= 0.6 is 11.6 Å². The summed E-state index contributed by atoms with van der Waals surface area (Å²) < 4.78 is 10.9. The lowest BCUT2D eigenvalue weighted by Gasteiger charge is -2.07. The Hall–Kier alpha value is -1.65. The number of rotatable bonds is 6. The van der Waals surface area contributed by atoms with Gasteiger partial charge in [-0.3, -0.25) is 0 Å². The SMILES string of the molecule is Cc1cc(Cl)nc(COCCOc2ccccc2)n1. The van der Waals surface area contributed by atoms with Crippen molar-refractivity contribution >= 4 is 11.6 Å². The summed E-state index contributed by atoms with van der Waals surface area (Å²) in [5.41, 5.74) is 0.833. The van der Waals surface area contributed by atoms with Crippen molar-refractivity contribution in [3.8, 4) is 5.75 Å². The van der Waals surface area contributed by atoms with Gasteiger partial charge in [-0.15, -0.1) is 0 Å². The number of nitrogens with zero attached hydrogens (tertiary/aromatic N) is 2. The van der Waals surface area contributed by atoms with Crippen molar-refractivity contribution in [1.29, 1.82) is 0 Å². The van der Waals surface area contributed by atoms with E-state index in [0.29, 0.717) is 30.8 Å². The molecule has 2 rings (SSSR count). The minimum atomic E-state index is 0.333. The van der Waals surface area contributed by atoms with E-state index in [9.17, 15) is 0 Å². The molecule has 2 aromatic rings. The summed E-state index contributed by atoms with van der Waals surface area (Å²) in [5.74, 6) is 1.42. The fraction of sp³-hybridized carbons (Fsp3) is 0.286. The highest BCUT2D eigenvalue weighted by molar-refractivity contribution is 6.29. The predicted molar refractivity (Wildman–Crippen MR) is 73.4 cm³/mol. The van der Waals surface area contributed by atoms with Gasteiger partial charge in [0.15, 0.2) is 5.82 Å². The number of benzene rings is 1. The Bertz CT molecular complexity index is 500. The van der Waals surface area contributed by atoms with Crippen LogP contribution in [0.25, 0.3) is 0 Å². The molecule has 0 spiro atoms. The molecular weight excluding hydrogens is 264 g/mol. The van der Waals surface area contributed by atoms with Crippen LogP contribution in [0.1, 0.15) is 11.5 Å².